The van der Waals surface area contributed by atoms with E-state index in [4.69, 9.17) is 15.2 Å². The fourth-order valence-corrected chi connectivity index (χ4v) is 3.32. The van der Waals surface area contributed by atoms with E-state index < -0.39 is 12.3 Å². The molecule has 3 rings (SSSR count). The number of nitrogens with two attached hydrogens (primary N) is 1. The molecule has 1 atom stereocenters. The average molecular weight is 437 g/mol. The highest BCUT2D eigenvalue weighted by atomic mass is 32.1. The van der Waals surface area contributed by atoms with Gasteiger partial charge in [0, 0.05) is 12.5 Å². The molecule has 0 fully saturated rings. The molecule has 0 aromatic heterocycles. The van der Waals surface area contributed by atoms with Gasteiger partial charge in [0.15, 0.2) is 0 Å². The van der Waals surface area contributed by atoms with E-state index in [0.29, 0.717) is 11.4 Å². The minimum Gasteiger partial charge on any atom is -0.455 e. The normalized spacial score (nSPS) is 11.5. The molecule has 3 aromatic rings. The number of thiol groups is 1. The summed E-state index contributed by atoms with van der Waals surface area (Å²) in [6, 6.07) is 24.8. The Morgan fingerprint density at radius 3 is 2.26 bits per heavy atom. The molecular formula is C25H28N2O3S. The van der Waals surface area contributed by atoms with Gasteiger partial charge in [-0.05, 0) is 48.2 Å². The van der Waals surface area contributed by atoms with Crippen molar-refractivity contribution in [1.29, 1.82) is 0 Å². The number of primary amides is 1. The van der Waals surface area contributed by atoms with Crippen LogP contribution in [0.15, 0.2) is 78.9 Å². The lowest BCUT2D eigenvalue weighted by molar-refractivity contribution is -0.00211. The summed E-state index contributed by atoms with van der Waals surface area (Å²) in [6.07, 6.45) is 3.12. The fourth-order valence-electron chi connectivity index (χ4n) is 3.19. The summed E-state index contributed by atoms with van der Waals surface area (Å²) >= 11 is 4.11. The lowest BCUT2D eigenvalue weighted by atomic mass is 10.1. The maximum Gasteiger partial charge on any atom is 0.329 e. The molecule has 162 valence electrons. The maximum atomic E-state index is 11.4. The minimum absolute atomic E-state index is 0.455. The van der Waals surface area contributed by atoms with Gasteiger partial charge >= 0.3 is 6.03 Å². The topological polar surface area (TPSA) is 64.8 Å². The monoisotopic (exact) mass is 436 g/mol. The number of carbonyl (C=O) groups is 1. The molecule has 5 nitrogen and oxygen atoms in total. The Hall–Kier alpha value is -3.12. The van der Waals surface area contributed by atoms with Crippen molar-refractivity contribution in [2.75, 3.05) is 4.31 Å². The number of benzene rings is 3. The third-order valence-corrected chi connectivity index (χ3v) is 5.18. The summed E-state index contributed by atoms with van der Waals surface area (Å²) < 4.78 is 13.4. The second kappa shape index (κ2) is 11.3. The van der Waals surface area contributed by atoms with E-state index in [1.165, 1.54) is 11.1 Å². The summed E-state index contributed by atoms with van der Waals surface area (Å²) in [6.45, 7) is 2.13. The standard InChI is InChI=1S/C25H28N2O3S/c1-2-3-15-24(30-23-14-8-12-21(18-23)27(31)25(26)28)29-22-13-7-11-20(17-22)16-19-9-5-4-6-10-19/h4-14,17-18,24,31H,2-3,15-16H2,1H3,(H2,26,28). The number of hydrogen-bond acceptors (Lipinski definition) is 4. The zero-order valence-electron chi connectivity index (χ0n) is 17.6. The van der Waals surface area contributed by atoms with Gasteiger partial charge < -0.3 is 15.2 Å². The summed E-state index contributed by atoms with van der Waals surface area (Å²) in [4.78, 5) is 11.4. The SMILES string of the molecule is CCCCC(Oc1cccc(Cc2ccccc2)c1)Oc1cccc(N(S)C(N)=O)c1. The molecule has 2 amide bonds. The van der Waals surface area contributed by atoms with E-state index in [9.17, 15) is 4.79 Å². The van der Waals surface area contributed by atoms with E-state index in [-0.39, 0.29) is 0 Å². The minimum atomic E-state index is -0.658. The molecule has 2 N–H and O–H groups in total. The highest BCUT2D eigenvalue weighted by molar-refractivity contribution is 7.82. The number of nitrogens with zero attached hydrogens (tertiary/aromatic N) is 1. The van der Waals surface area contributed by atoms with Crippen molar-refractivity contribution in [3.05, 3.63) is 90.0 Å². The predicted octanol–water partition coefficient (Wildman–Crippen LogP) is 5.98. The molecule has 0 aliphatic heterocycles. The van der Waals surface area contributed by atoms with Gasteiger partial charge in [0.1, 0.15) is 11.5 Å². The number of hydrogen-bond donors (Lipinski definition) is 2. The van der Waals surface area contributed by atoms with Gasteiger partial charge in [-0.25, -0.2) is 9.10 Å². The second-order valence-corrected chi connectivity index (χ2v) is 7.66. The van der Waals surface area contributed by atoms with Crippen LogP contribution in [-0.4, -0.2) is 12.3 Å². The quantitative estimate of drug-likeness (QED) is 0.303. The Kier molecular flexibility index (Phi) is 8.24. The first kappa shape index (κ1) is 22.6. The Balaban J connectivity index is 1.72. The third kappa shape index (κ3) is 6.96. The number of unbranched alkanes of at least 4 members (excludes halogenated alkanes) is 1. The second-order valence-electron chi connectivity index (χ2n) is 7.26. The molecule has 0 saturated heterocycles. The first-order valence-corrected chi connectivity index (χ1v) is 10.8. The number of amides is 2. The summed E-state index contributed by atoms with van der Waals surface area (Å²) in [5, 5.41) is 0. The first-order chi connectivity index (χ1) is 15.0. The molecule has 3 aromatic carbocycles. The van der Waals surface area contributed by atoms with Crippen molar-refractivity contribution < 1.29 is 14.3 Å². The maximum absolute atomic E-state index is 11.4. The number of urea groups is 1. The summed E-state index contributed by atoms with van der Waals surface area (Å²) in [5.41, 5.74) is 8.26. The van der Waals surface area contributed by atoms with Gasteiger partial charge in [0.05, 0.1) is 5.69 Å². The molecule has 0 heterocycles. The Morgan fingerprint density at radius 2 is 1.58 bits per heavy atom. The zero-order valence-corrected chi connectivity index (χ0v) is 18.5. The molecule has 31 heavy (non-hydrogen) atoms. The predicted molar refractivity (Wildman–Crippen MR) is 128 cm³/mol. The molecule has 0 aliphatic rings. The largest absolute Gasteiger partial charge is 0.455 e. The van der Waals surface area contributed by atoms with Crippen molar-refractivity contribution in [2.45, 2.75) is 38.9 Å². The van der Waals surface area contributed by atoms with Crippen LogP contribution in [0.3, 0.4) is 0 Å². The van der Waals surface area contributed by atoms with Crippen LogP contribution in [-0.2, 0) is 6.42 Å². The molecular weight excluding hydrogens is 408 g/mol. The van der Waals surface area contributed by atoms with E-state index in [2.05, 4.69) is 37.9 Å². The molecule has 0 radical (unpaired) electrons. The van der Waals surface area contributed by atoms with Gasteiger partial charge in [-0.15, -0.1) is 0 Å². The first-order valence-electron chi connectivity index (χ1n) is 10.4. The van der Waals surface area contributed by atoms with Crippen LogP contribution >= 0.6 is 12.8 Å². The third-order valence-electron chi connectivity index (χ3n) is 4.75. The lowest BCUT2D eigenvalue weighted by Gasteiger charge is -2.22. The molecule has 0 spiro atoms. The summed E-state index contributed by atoms with van der Waals surface area (Å²) in [7, 11) is 0. The Morgan fingerprint density at radius 1 is 0.935 bits per heavy atom. The number of anilines is 1. The van der Waals surface area contributed by atoms with Crippen LogP contribution in [0, 0.1) is 0 Å². The average Bonchev–Trinajstić information content (AvgIpc) is 2.78. The van der Waals surface area contributed by atoms with Gasteiger partial charge in [-0.2, -0.15) is 0 Å². The van der Waals surface area contributed by atoms with Crippen molar-refractivity contribution in [3.8, 4) is 11.5 Å². The van der Waals surface area contributed by atoms with Crippen LogP contribution in [0.5, 0.6) is 11.5 Å². The van der Waals surface area contributed by atoms with Gasteiger partial charge in [0.25, 0.3) is 0 Å². The Bertz CT molecular complexity index is 981. The summed E-state index contributed by atoms with van der Waals surface area (Å²) in [5.74, 6) is 1.35. The van der Waals surface area contributed by atoms with E-state index in [1.54, 1.807) is 18.2 Å². The van der Waals surface area contributed by atoms with E-state index >= 15 is 0 Å². The molecule has 0 saturated carbocycles. The van der Waals surface area contributed by atoms with Gasteiger partial charge in [-0.1, -0.05) is 74.7 Å². The zero-order chi connectivity index (χ0) is 22.1. The van der Waals surface area contributed by atoms with Crippen LogP contribution in [0.4, 0.5) is 10.5 Å². The number of ether oxygens (including phenoxy) is 2. The smallest absolute Gasteiger partial charge is 0.329 e. The molecule has 0 bridgehead atoms. The van der Waals surface area contributed by atoms with Crippen molar-refractivity contribution >= 4 is 24.5 Å². The molecule has 1 unspecified atom stereocenters. The van der Waals surface area contributed by atoms with Gasteiger partial charge in [0.2, 0.25) is 6.29 Å². The van der Waals surface area contributed by atoms with Crippen LogP contribution in [0.2, 0.25) is 0 Å². The van der Waals surface area contributed by atoms with E-state index in [1.807, 2.05) is 42.5 Å². The number of carbonyl (C=O) groups excluding carboxylic acids is 1. The lowest BCUT2D eigenvalue weighted by Crippen LogP contribution is -2.27. The van der Waals surface area contributed by atoms with Crippen LogP contribution in [0.1, 0.15) is 37.3 Å². The van der Waals surface area contributed by atoms with E-state index in [0.717, 1.165) is 35.7 Å². The van der Waals surface area contributed by atoms with Crippen LogP contribution < -0.4 is 19.5 Å². The van der Waals surface area contributed by atoms with Gasteiger partial charge in [-0.3, -0.25) is 0 Å². The number of rotatable bonds is 10. The van der Waals surface area contributed by atoms with Crippen molar-refractivity contribution in [1.82, 2.24) is 0 Å². The molecule has 0 aliphatic carbocycles. The van der Waals surface area contributed by atoms with Crippen LogP contribution in [0.25, 0.3) is 0 Å². The molecule has 6 heteroatoms. The highest BCUT2D eigenvalue weighted by Gasteiger charge is 2.15. The highest BCUT2D eigenvalue weighted by Crippen LogP contribution is 2.25. The van der Waals surface area contributed by atoms with Crippen molar-refractivity contribution in [2.24, 2.45) is 5.73 Å². The fraction of sp³-hybridized carbons (Fsp3) is 0.240. The van der Waals surface area contributed by atoms with Crippen molar-refractivity contribution in [3.63, 3.8) is 0 Å². The Labute approximate surface area is 189 Å².